The number of aromatic nitrogens is 1. The van der Waals surface area contributed by atoms with Crippen molar-refractivity contribution in [2.45, 2.75) is 18.9 Å². The van der Waals surface area contributed by atoms with Gasteiger partial charge in [0, 0.05) is 32.1 Å². The molecule has 0 unspecified atom stereocenters. The SMILES string of the molecule is CN(C)C[C@@H](CNC(=O)Nc1ccc(N2CCCC2)nc1)[C@@H](O)c1ccccc1. The van der Waals surface area contributed by atoms with Gasteiger partial charge in [0.2, 0.25) is 0 Å². The second kappa shape index (κ2) is 10.2. The molecule has 2 aromatic rings. The maximum Gasteiger partial charge on any atom is 0.319 e. The number of rotatable bonds is 8. The van der Waals surface area contributed by atoms with Gasteiger partial charge in [0.1, 0.15) is 5.82 Å². The predicted octanol–water partition coefficient (Wildman–Crippen LogP) is 2.71. The number of nitrogens with one attached hydrogen (secondary N) is 2. The van der Waals surface area contributed by atoms with Crippen LogP contribution in [-0.2, 0) is 0 Å². The molecule has 1 aromatic heterocycles. The van der Waals surface area contributed by atoms with Crippen LogP contribution in [0.25, 0.3) is 0 Å². The molecular formula is C22H31N5O2. The van der Waals surface area contributed by atoms with Gasteiger partial charge in [-0.15, -0.1) is 0 Å². The molecule has 1 saturated heterocycles. The van der Waals surface area contributed by atoms with Crippen LogP contribution >= 0.6 is 0 Å². The lowest BCUT2D eigenvalue weighted by atomic mass is 9.95. The highest BCUT2D eigenvalue weighted by atomic mass is 16.3. The van der Waals surface area contributed by atoms with Crippen molar-refractivity contribution in [3.05, 3.63) is 54.2 Å². The smallest absolute Gasteiger partial charge is 0.319 e. The number of carbonyl (C=O) groups is 1. The minimum Gasteiger partial charge on any atom is -0.388 e. The van der Waals surface area contributed by atoms with E-state index in [9.17, 15) is 9.90 Å². The number of aliphatic hydroxyl groups excluding tert-OH is 1. The summed E-state index contributed by atoms with van der Waals surface area (Å²) in [5.41, 5.74) is 1.50. The molecule has 1 aliphatic heterocycles. The highest BCUT2D eigenvalue weighted by Crippen LogP contribution is 2.22. The maximum absolute atomic E-state index is 12.3. The third-order valence-electron chi connectivity index (χ3n) is 5.15. The molecule has 29 heavy (non-hydrogen) atoms. The lowest BCUT2D eigenvalue weighted by Gasteiger charge is -2.26. The Morgan fingerprint density at radius 3 is 2.52 bits per heavy atom. The Morgan fingerprint density at radius 1 is 1.17 bits per heavy atom. The van der Waals surface area contributed by atoms with E-state index in [0.717, 1.165) is 24.5 Å². The molecule has 2 amide bonds. The molecule has 1 fully saturated rings. The molecule has 2 atom stereocenters. The summed E-state index contributed by atoms with van der Waals surface area (Å²) in [7, 11) is 3.91. The molecule has 1 aromatic carbocycles. The van der Waals surface area contributed by atoms with E-state index in [0.29, 0.717) is 18.8 Å². The van der Waals surface area contributed by atoms with Crippen LogP contribution in [0, 0.1) is 5.92 Å². The average molecular weight is 398 g/mol. The van der Waals surface area contributed by atoms with Crippen molar-refractivity contribution in [3.63, 3.8) is 0 Å². The van der Waals surface area contributed by atoms with Crippen molar-refractivity contribution in [1.82, 2.24) is 15.2 Å². The van der Waals surface area contributed by atoms with Crippen LogP contribution in [0.2, 0.25) is 0 Å². The monoisotopic (exact) mass is 397 g/mol. The fraction of sp³-hybridized carbons (Fsp3) is 0.455. The van der Waals surface area contributed by atoms with E-state index in [4.69, 9.17) is 0 Å². The van der Waals surface area contributed by atoms with Gasteiger partial charge in [-0.2, -0.15) is 0 Å². The van der Waals surface area contributed by atoms with E-state index in [1.54, 1.807) is 6.20 Å². The molecule has 0 radical (unpaired) electrons. The van der Waals surface area contributed by atoms with Gasteiger partial charge in [-0.1, -0.05) is 30.3 Å². The number of aliphatic hydroxyl groups is 1. The molecule has 7 heteroatoms. The summed E-state index contributed by atoms with van der Waals surface area (Å²) < 4.78 is 0. The molecule has 0 aliphatic carbocycles. The van der Waals surface area contributed by atoms with Crippen LogP contribution in [0.4, 0.5) is 16.3 Å². The van der Waals surface area contributed by atoms with Gasteiger partial charge in [-0.25, -0.2) is 9.78 Å². The van der Waals surface area contributed by atoms with E-state index < -0.39 is 6.10 Å². The summed E-state index contributed by atoms with van der Waals surface area (Å²) >= 11 is 0. The normalized spacial score (nSPS) is 15.9. The van der Waals surface area contributed by atoms with Gasteiger partial charge < -0.3 is 25.5 Å². The Bertz CT molecular complexity index is 761. The quantitative estimate of drug-likeness (QED) is 0.638. The Kier molecular flexibility index (Phi) is 7.43. The topological polar surface area (TPSA) is 80.7 Å². The van der Waals surface area contributed by atoms with Crippen molar-refractivity contribution in [2.75, 3.05) is 50.5 Å². The van der Waals surface area contributed by atoms with Crippen LogP contribution in [0.1, 0.15) is 24.5 Å². The van der Waals surface area contributed by atoms with Crippen molar-refractivity contribution < 1.29 is 9.90 Å². The first kappa shape index (κ1) is 21.1. The lowest BCUT2D eigenvalue weighted by Crippen LogP contribution is -2.39. The van der Waals surface area contributed by atoms with Crippen molar-refractivity contribution >= 4 is 17.5 Å². The van der Waals surface area contributed by atoms with Gasteiger partial charge in [-0.3, -0.25) is 0 Å². The lowest BCUT2D eigenvalue weighted by molar-refractivity contribution is 0.0911. The number of nitrogens with zero attached hydrogens (tertiary/aromatic N) is 3. The van der Waals surface area contributed by atoms with Crippen LogP contribution < -0.4 is 15.5 Å². The molecule has 3 rings (SSSR count). The van der Waals surface area contributed by atoms with Gasteiger partial charge in [-0.05, 0) is 44.6 Å². The molecule has 0 saturated carbocycles. The molecule has 2 heterocycles. The van der Waals surface area contributed by atoms with Crippen molar-refractivity contribution in [3.8, 4) is 0 Å². The number of hydrogen-bond acceptors (Lipinski definition) is 5. The summed E-state index contributed by atoms with van der Waals surface area (Å²) in [4.78, 5) is 21.1. The summed E-state index contributed by atoms with van der Waals surface area (Å²) in [5, 5.41) is 16.5. The minimum absolute atomic E-state index is 0.131. The fourth-order valence-corrected chi connectivity index (χ4v) is 3.66. The first-order valence-corrected chi connectivity index (χ1v) is 10.2. The van der Waals surface area contributed by atoms with Gasteiger partial charge >= 0.3 is 6.03 Å². The number of urea groups is 1. The predicted molar refractivity (Wildman–Crippen MR) is 116 cm³/mol. The van der Waals surface area contributed by atoms with E-state index in [1.165, 1.54) is 12.8 Å². The molecule has 7 nitrogen and oxygen atoms in total. The number of pyridine rings is 1. The Labute approximate surface area is 172 Å². The number of carbonyl (C=O) groups excluding carboxylic acids is 1. The zero-order valence-corrected chi connectivity index (χ0v) is 17.2. The fourth-order valence-electron chi connectivity index (χ4n) is 3.66. The highest BCUT2D eigenvalue weighted by molar-refractivity contribution is 5.89. The first-order valence-electron chi connectivity index (χ1n) is 10.2. The number of amides is 2. The Morgan fingerprint density at radius 2 is 1.90 bits per heavy atom. The summed E-state index contributed by atoms with van der Waals surface area (Å²) in [6, 6.07) is 13.1. The Hall–Kier alpha value is -2.64. The summed E-state index contributed by atoms with van der Waals surface area (Å²) in [5.74, 6) is 0.819. The molecule has 1 aliphatic rings. The van der Waals surface area contributed by atoms with E-state index in [-0.39, 0.29) is 11.9 Å². The standard InChI is InChI=1S/C22H31N5O2/c1-26(2)16-18(21(28)17-8-4-3-5-9-17)14-24-22(29)25-19-10-11-20(23-15-19)27-12-6-7-13-27/h3-5,8-11,15,18,21,28H,6-7,12-14,16H2,1-2H3,(H2,24,25,29)/t18-,21+/m1/s1. The maximum atomic E-state index is 12.3. The second-order valence-corrected chi connectivity index (χ2v) is 7.81. The second-order valence-electron chi connectivity index (χ2n) is 7.81. The van der Waals surface area contributed by atoms with Gasteiger partial charge in [0.15, 0.2) is 0 Å². The largest absolute Gasteiger partial charge is 0.388 e. The summed E-state index contributed by atoms with van der Waals surface area (Å²) in [6.45, 7) is 3.09. The first-order chi connectivity index (χ1) is 14.0. The zero-order chi connectivity index (χ0) is 20.6. The van der Waals surface area contributed by atoms with Crippen LogP contribution in [-0.4, -0.2) is 61.3 Å². The number of anilines is 2. The summed E-state index contributed by atoms with van der Waals surface area (Å²) in [6.07, 6.45) is 3.43. The third-order valence-corrected chi connectivity index (χ3v) is 5.15. The Balaban J connectivity index is 1.54. The van der Waals surface area contributed by atoms with Crippen molar-refractivity contribution in [2.24, 2.45) is 5.92 Å². The molecule has 0 spiro atoms. The minimum atomic E-state index is -0.652. The van der Waals surface area contributed by atoms with Crippen LogP contribution in [0.5, 0.6) is 0 Å². The van der Waals surface area contributed by atoms with Gasteiger partial charge in [0.25, 0.3) is 0 Å². The van der Waals surface area contributed by atoms with E-state index >= 15 is 0 Å². The van der Waals surface area contributed by atoms with Crippen molar-refractivity contribution in [1.29, 1.82) is 0 Å². The molecule has 0 bridgehead atoms. The van der Waals surface area contributed by atoms with Gasteiger partial charge in [0.05, 0.1) is 18.0 Å². The zero-order valence-electron chi connectivity index (χ0n) is 17.2. The number of hydrogen-bond donors (Lipinski definition) is 3. The van der Waals surface area contributed by atoms with Crippen LogP contribution in [0.3, 0.4) is 0 Å². The number of benzene rings is 1. The van der Waals surface area contributed by atoms with Crippen LogP contribution in [0.15, 0.2) is 48.7 Å². The molecule has 156 valence electrons. The average Bonchev–Trinajstić information content (AvgIpc) is 3.26. The molecular weight excluding hydrogens is 366 g/mol. The highest BCUT2D eigenvalue weighted by Gasteiger charge is 2.22. The van der Waals surface area contributed by atoms with E-state index in [1.807, 2.05) is 61.5 Å². The molecule has 3 N–H and O–H groups in total. The van der Waals surface area contributed by atoms with E-state index in [2.05, 4.69) is 20.5 Å². The third kappa shape index (κ3) is 6.17.